The molecule has 1 saturated carbocycles. The first-order valence-corrected chi connectivity index (χ1v) is 7.45. The molecule has 0 amide bonds. The van der Waals surface area contributed by atoms with Crippen molar-refractivity contribution in [2.24, 2.45) is 11.1 Å². The molecule has 0 aromatic carbocycles. The minimum atomic E-state index is 0.196. The molecular formula is C15H32N2. The minimum Gasteiger partial charge on any atom is -0.329 e. The van der Waals surface area contributed by atoms with Gasteiger partial charge in [-0.3, -0.25) is 0 Å². The molecule has 0 radical (unpaired) electrons. The van der Waals surface area contributed by atoms with Gasteiger partial charge in [0.25, 0.3) is 0 Å². The Balaban J connectivity index is 2.54. The number of rotatable bonds is 7. The standard InChI is InChI=1S/C15H32N2/c1-5-7-9-15(6-2,12-16)17-13-8-10-14(3,4)11-13/h13,17H,5-12,16H2,1-4H3. The van der Waals surface area contributed by atoms with Crippen molar-refractivity contribution in [2.45, 2.75) is 84.2 Å². The van der Waals surface area contributed by atoms with Gasteiger partial charge in [-0.1, -0.05) is 40.5 Å². The molecule has 0 aromatic rings. The molecule has 1 aliphatic carbocycles. The normalized spacial score (nSPS) is 27.0. The molecule has 0 aliphatic heterocycles. The summed E-state index contributed by atoms with van der Waals surface area (Å²) in [6.07, 6.45) is 8.91. The molecular weight excluding hydrogens is 208 g/mol. The maximum atomic E-state index is 6.04. The number of nitrogens with one attached hydrogen (secondary N) is 1. The van der Waals surface area contributed by atoms with Gasteiger partial charge in [0.2, 0.25) is 0 Å². The van der Waals surface area contributed by atoms with E-state index in [1.54, 1.807) is 0 Å². The second kappa shape index (κ2) is 6.19. The van der Waals surface area contributed by atoms with Gasteiger partial charge in [-0.25, -0.2) is 0 Å². The molecule has 2 nitrogen and oxygen atoms in total. The highest BCUT2D eigenvalue weighted by atomic mass is 15.0. The van der Waals surface area contributed by atoms with Gasteiger partial charge in [0.05, 0.1) is 0 Å². The van der Waals surface area contributed by atoms with Crippen LogP contribution in [0.4, 0.5) is 0 Å². The van der Waals surface area contributed by atoms with Crippen LogP contribution < -0.4 is 11.1 Å². The summed E-state index contributed by atoms with van der Waals surface area (Å²) < 4.78 is 0. The lowest BCUT2D eigenvalue weighted by Crippen LogP contribution is -2.54. The number of nitrogens with two attached hydrogens (primary N) is 1. The zero-order valence-electron chi connectivity index (χ0n) is 12.3. The van der Waals surface area contributed by atoms with E-state index in [-0.39, 0.29) is 5.54 Å². The summed E-state index contributed by atoms with van der Waals surface area (Å²) in [5.74, 6) is 0. The molecule has 1 fully saturated rings. The third-order valence-electron chi connectivity index (χ3n) is 4.56. The van der Waals surface area contributed by atoms with Crippen LogP contribution in [-0.2, 0) is 0 Å². The second-order valence-corrected chi connectivity index (χ2v) is 6.69. The van der Waals surface area contributed by atoms with Gasteiger partial charge in [-0.2, -0.15) is 0 Å². The van der Waals surface area contributed by atoms with E-state index in [1.165, 1.54) is 38.5 Å². The predicted octanol–water partition coefficient (Wildman–Crippen LogP) is 3.45. The third-order valence-corrected chi connectivity index (χ3v) is 4.56. The van der Waals surface area contributed by atoms with Crippen LogP contribution in [0.3, 0.4) is 0 Å². The number of hydrogen-bond acceptors (Lipinski definition) is 2. The molecule has 1 aliphatic rings. The maximum Gasteiger partial charge on any atom is 0.0303 e. The topological polar surface area (TPSA) is 38.0 Å². The molecule has 3 N–H and O–H groups in total. The van der Waals surface area contributed by atoms with Crippen molar-refractivity contribution in [2.75, 3.05) is 6.54 Å². The predicted molar refractivity (Wildman–Crippen MR) is 76.2 cm³/mol. The summed E-state index contributed by atoms with van der Waals surface area (Å²) in [5, 5.41) is 3.89. The lowest BCUT2D eigenvalue weighted by molar-refractivity contribution is 0.247. The molecule has 17 heavy (non-hydrogen) atoms. The Bertz CT molecular complexity index is 219. The fraction of sp³-hybridized carbons (Fsp3) is 1.00. The Kier molecular flexibility index (Phi) is 5.46. The van der Waals surface area contributed by atoms with Crippen LogP contribution in [0.15, 0.2) is 0 Å². The average molecular weight is 240 g/mol. The van der Waals surface area contributed by atoms with E-state index in [1.807, 2.05) is 0 Å². The molecule has 2 unspecified atom stereocenters. The van der Waals surface area contributed by atoms with E-state index in [0.717, 1.165) is 13.0 Å². The molecule has 0 heterocycles. The first kappa shape index (κ1) is 15.0. The molecule has 0 spiro atoms. The quantitative estimate of drug-likeness (QED) is 0.715. The van der Waals surface area contributed by atoms with Gasteiger partial charge in [-0.05, 0) is 37.5 Å². The highest BCUT2D eigenvalue weighted by molar-refractivity contribution is 4.95. The largest absolute Gasteiger partial charge is 0.329 e. The number of unbranched alkanes of at least 4 members (excludes halogenated alkanes) is 1. The van der Waals surface area contributed by atoms with Crippen LogP contribution in [0.2, 0.25) is 0 Å². The summed E-state index contributed by atoms with van der Waals surface area (Å²) in [6.45, 7) is 10.1. The van der Waals surface area contributed by atoms with E-state index in [2.05, 4.69) is 33.0 Å². The third kappa shape index (κ3) is 4.26. The van der Waals surface area contributed by atoms with Crippen LogP contribution in [0.1, 0.15) is 72.6 Å². The monoisotopic (exact) mass is 240 g/mol. The van der Waals surface area contributed by atoms with Crippen molar-refractivity contribution in [1.29, 1.82) is 0 Å². The summed E-state index contributed by atoms with van der Waals surface area (Å²) in [5.41, 5.74) is 6.76. The van der Waals surface area contributed by atoms with E-state index < -0.39 is 0 Å². The average Bonchev–Trinajstić information content (AvgIpc) is 2.64. The van der Waals surface area contributed by atoms with Gasteiger partial charge >= 0.3 is 0 Å². The number of hydrogen-bond donors (Lipinski definition) is 2. The van der Waals surface area contributed by atoms with Crippen LogP contribution in [0.25, 0.3) is 0 Å². The van der Waals surface area contributed by atoms with Gasteiger partial charge in [0.15, 0.2) is 0 Å². The molecule has 0 aromatic heterocycles. The van der Waals surface area contributed by atoms with Crippen LogP contribution in [0, 0.1) is 5.41 Å². The molecule has 102 valence electrons. The first-order valence-electron chi connectivity index (χ1n) is 7.45. The lowest BCUT2D eigenvalue weighted by Gasteiger charge is -2.36. The Morgan fingerprint density at radius 1 is 1.35 bits per heavy atom. The Labute approximate surface area is 108 Å². The summed E-state index contributed by atoms with van der Waals surface area (Å²) in [4.78, 5) is 0. The summed E-state index contributed by atoms with van der Waals surface area (Å²) >= 11 is 0. The van der Waals surface area contributed by atoms with Crippen LogP contribution >= 0.6 is 0 Å². The van der Waals surface area contributed by atoms with Gasteiger partial charge in [0, 0.05) is 18.1 Å². The van der Waals surface area contributed by atoms with E-state index >= 15 is 0 Å². The summed E-state index contributed by atoms with van der Waals surface area (Å²) in [7, 11) is 0. The highest BCUT2D eigenvalue weighted by Gasteiger charge is 2.35. The fourth-order valence-corrected chi connectivity index (χ4v) is 3.16. The highest BCUT2D eigenvalue weighted by Crippen LogP contribution is 2.38. The zero-order chi connectivity index (χ0) is 12.9. The Morgan fingerprint density at radius 3 is 2.47 bits per heavy atom. The first-order chi connectivity index (χ1) is 7.97. The lowest BCUT2D eigenvalue weighted by atomic mass is 9.87. The maximum absolute atomic E-state index is 6.04. The fourth-order valence-electron chi connectivity index (χ4n) is 3.16. The van der Waals surface area contributed by atoms with Gasteiger partial charge in [-0.15, -0.1) is 0 Å². The van der Waals surface area contributed by atoms with E-state index in [4.69, 9.17) is 5.73 Å². The summed E-state index contributed by atoms with van der Waals surface area (Å²) in [6, 6.07) is 0.686. The minimum absolute atomic E-state index is 0.196. The van der Waals surface area contributed by atoms with E-state index in [0.29, 0.717) is 11.5 Å². The van der Waals surface area contributed by atoms with Gasteiger partial charge in [0.1, 0.15) is 0 Å². The second-order valence-electron chi connectivity index (χ2n) is 6.69. The Morgan fingerprint density at radius 2 is 2.06 bits per heavy atom. The SMILES string of the molecule is CCCCC(CC)(CN)NC1CCC(C)(C)C1. The van der Waals surface area contributed by atoms with E-state index in [9.17, 15) is 0 Å². The molecule has 2 atom stereocenters. The molecule has 0 saturated heterocycles. The van der Waals surface area contributed by atoms with Crippen molar-refractivity contribution in [3.63, 3.8) is 0 Å². The van der Waals surface area contributed by atoms with Crippen LogP contribution in [0.5, 0.6) is 0 Å². The Hall–Kier alpha value is -0.0800. The van der Waals surface area contributed by atoms with Crippen molar-refractivity contribution in [1.82, 2.24) is 5.32 Å². The smallest absolute Gasteiger partial charge is 0.0303 e. The zero-order valence-corrected chi connectivity index (χ0v) is 12.3. The molecule has 2 heteroatoms. The van der Waals surface area contributed by atoms with Crippen molar-refractivity contribution >= 4 is 0 Å². The molecule has 1 rings (SSSR count). The molecule has 0 bridgehead atoms. The van der Waals surface area contributed by atoms with Crippen molar-refractivity contribution in [3.05, 3.63) is 0 Å². The van der Waals surface area contributed by atoms with Crippen LogP contribution in [-0.4, -0.2) is 18.1 Å². The van der Waals surface area contributed by atoms with Crippen molar-refractivity contribution in [3.8, 4) is 0 Å². The van der Waals surface area contributed by atoms with Crippen molar-refractivity contribution < 1.29 is 0 Å². The van der Waals surface area contributed by atoms with Gasteiger partial charge < -0.3 is 11.1 Å².